The number of esters is 1. The maximum Gasteiger partial charge on any atom is 0.337 e. The van der Waals surface area contributed by atoms with Crippen molar-refractivity contribution < 1.29 is 9.53 Å². The van der Waals surface area contributed by atoms with E-state index in [0.29, 0.717) is 12.0 Å². The average molecular weight is 328 g/mol. The quantitative estimate of drug-likeness (QED) is 0.376. The Morgan fingerprint density at radius 1 is 1.35 bits per heavy atom. The second-order valence-electron chi connectivity index (χ2n) is 5.16. The minimum atomic E-state index is -0.533. The van der Waals surface area contributed by atoms with Gasteiger partial charge in [-0.3, -0.25) is 5.41 Å². The highest BCUT2D eigenvalue weighted by atomic mass is 32.1. The third kappa shape index (κ3) is 5.14. The Labute approximate surface area is 140 Å². The van der Waals surface area contributed by atoms with Crippen molar-refractivity contribution in [2.45, 2.75) is 33.1 Å². The summed E-state index contributed by atoms with van der Waals surface area (Å²) in [5.74, 6) is -0.661. The minimum absolute atomic E-state index is 0.128. The van der Waals surface area contributed by atoms with E-state index in [4.69, 9.17) is 10.1 Å². The maximum atomic E-state index is 11.7. The molecule has 1 aromatic carbocycles. The fourth-order valence-corrected chi connectivity index (χ4v) is 2.84. The Bertz CT molecular complexity index is 702. The predicted octanol–water partition coefficient (Wildman–Crippen LogP) is 4.07. The molecule has 120 valence electrons. The SMILES string of the molecule is CCCc1ccc(C(=N)OC(=O)/C=C/Cc2scnc2C)cc1. The number of aromatic nitrogens is 1. The van der Waals surface area contributed by atoms with Gasteiger partial charge in [0.2, 0.25) is 5.90 Å². The number of nitrogens with zero attached hydrogens (tertiary/aromatic N) is 1. The highest BCUT2D eigenvalue weighted by molar-refractivity contribution is 7.09. The predicted molar refractivity (Wildman–Crippen MR) is 93.1 cm³/mol. The van der Waals surface area contributed by atoms with E-state index in [1.807, 2.05) is 31.2 Å². The molecule has 2 aromatic rings. The molecule has 0 unspecified atom stereocenters. The molecule has 0 spiro atoms. The summed E-state index contributed by atoms with van der Waals surface area (Å²) in [6.45, 7) is 4.06. The summed E-state index contributed by atoms with van der Waals surface area (Å²) in [7, 11) is 0. The van der Waals surface area contributed by atoms with E-state index >= 15 is 0 Å². The zero-order valence-corrected chi connectivity index (χ0v) is 14.2. The Kier molecular flexibility index (Phi) is 6.23. The van der Waals surface area contributed by atoms with Crippen molar-refractivity contribution in [1.82, 2.24) is 4.98 Å². The summed E-state index contributed by atoms with van der Waals surface area (Å²) < 4.78 is 5.03. The first kappa shape index (κ1) is 17.1. The summed E-state index contributed by atoms with van der Waals surface area (Å²) in [4.78, 5) is 17.0. The molecule has 0 saturated carbocycles. The lowest BCUT2D eigenvalue weighted by atomic mass is 10.1. The van der Waals surface area contributed by atoms with Gasteiger partial charge in [0.05, 0.1) is 11.2 Å². The van der Waals surface area contributed by atoms with Crippen LogP contribution in [0, 0.1) is 12.3 Å². The van der Waals surface area contributed by atoms with E-state index in [1.54, 1.807) is 22.9 Å². The number of carbonyl (C=O) groups excluding carboxylic acids is 1. The molecule has 23 heavy (non-hydrogen) atoms. The molecule has 0 saturated heterocycles. The molecule has 1 N–H and O–H groups in total. The highest BCUT2D eigenvalue weighted by Crippen LogP contribution is 2.13. The number of carbonyl (C=O) groups is 1. The number of thiazole rings is 1. The lowest BCUT2D eigenvalue weighted by molar-refractivity contribution is -0.130. The van der Waals surface area contributed by atoms with Gasteiger partial charge in [0, 0.05) is 22.9 Å². The third-order valence-corrected chi connectivity index (χ3v) is 4.32. The topological polar surface area (TPSA) is 63.0 Å². The standard InChI is InChI=1S/C18H20N2O2S/c1-3-5-14-8-10-15(11-9-14)18(19)22-17(21)7-4-6-16-13(2)20-12-23-16/h4,7-12,19H,3,5-6H2,1-2H3/b7-4+,19-18?. The van der Waals surface area contributed by atoms with Crippen LogP contribution in [0.5, 0.6) is 0 Å². The molecule has 0 atom stereocenters. The lowest BCUT2D eigenvalue weighted by Gasteiger charge is -2.05. The van der Waals surface area contributed by atoms with Gasteiger partial charge in [0.15, 0.2) is 0 Å². The van der Waals surface area contributed by atoms with Crippen LogP contribution in [0.3, 0.4) is 0 Å². The molecule has 4 nitrogen and oxygen atoms in total. The average Bonchev–Trinajstić information content (AvgIpc) is 2.93. The molecule has 0 radical (unpaired) electrons. The Balaban J connectivity index is 1.86. The first-order chi connectivity index (χ1) is 11.1. The zero-order valence-electron chi connectivity index (χ0n) is 13.3. The van der Waals surface area contributed by atoms with Crippen molar-refractivity contribution >= 4 is 23.2 Å². The molecule has 1 heterocycles. The normalized spacial score (nSPS) is 10.9. The summed E-state index contributed by atoms with van der Waals surface area (Å²) in [6.07, 6.45) is 5.83. The smallest absolute Gasteiger partial charge is 0.337 e. The second-order valence-corrected chi connectivity index (χ2v) is 6.10. The Morgan fingerprint density at radius 2 is 2.09 bits per heavy atom. The molecular formula is C18H20N2O2S. The van der Waals surface area contributed by atoms with E-state index in [1.165, 1.54) is 11.6 Å². The van der Waals surface area contributed by atoms with E-state index < -0.39 is 5.97 Å². The molecule has 2 rings (SSSR count). The van der Waals surface area contributed by atoms with Gasteiger partial charge in [-0.1, -0.05) is 31.6 Å². The van der Waals surface area contributed by atoms with Crippen LogP contribution in [-0.4, -0.2) is 16.9 Å². The number of allylic oxidation sites excluding steroid dienone is 1. The summed E-state index contributed by atoms with van der Waals surface area (Å²) in [6, 6.07) is 7.54. The molecule has 0 fully saturated rings. The molecule has 0 amide bonds. The zero-order chi connectivity index (χ0) is 16.7. The molecular weight excluding hydrogens is 308 g/mol. The van der Waals surface area contributed by atoms with Crippen LogP contribution in [-0.2, 0) is 22.4 Å². The van der Waals surface area contributed by atoms with Crippen molar-refractivity contribution in [3.05, 3.63) is 63.6 Å². The number of rotatable bonds is 6. The Morgan fingerprint density at radius 3 is 2.70 bits per heavy atom. The molecule has 1 aromatic heterocycles. The number of nitrogens with one attached hydrogen (secondary N) is 1. The lowest BCUT2D eigenvalue weighted by Crippen LogP contribution is -2.10. The Hall–Kier alpha value is -2.27. The minimum Gasteiger partial charge on any atom is -0.404 e. The summed E-state index contributed by atoms with van der Waals surface area (Å²) in [5.41, 5.74) is 4.59. The number of hydrogen-bond donors (Lipinski definition) is 1. The number of hydrogen-bond acceptors (Lipinski definition) is 5. The van der Waals surface area contributed by atoms with Crippen LogP contribution in [0.4, 0.5) is 0 Å². The van der Waals surface area contributed by atoms with Gasteiger partial charge in [-0.25, -0.2) is 9.78 Å². The van der Waals surface area contributed by atoms with Crippen LogP contribution < -0.4 is 0 Å². The van der Waals surface area contributed by atoms with Gasteiger partial charge in [0.25, 0.3) is 0 Å². The van der Waals surface area contributed by atoms with Gasteiger partial charge in [0.1, 0.15) is 0 Å². The van der Waals surface area contributed by atoms with Crippen molar-refractivity contribution in [1.29, 1.82) is 5.41 Å². The van der Waals surface area contributed by atoms with Crippen LogP contribution in [0.25, 0.3) is 0 Å². The number of aryl methyl sites for hydroxylation is 2. The van der Waals surface area contributed by atoms with Gasteiger partial charge in [-0.2, -0.15) is 0 Å². The van der Waals surface area contributed by atoms with Crippen LogP contribution in [0.1, 0.15) is 35.0 Å². The van der Waals surface area contributed by atoms with E-state index in [2.05, 4.69) is 11.9 Å². The van der Waals surface area contributed by atoms with Crippen LogP contribution >= 0.6 is 11.3 Å². The van der Waals surface area contributed by atoms with Crippen molar-refractivity contribution in [2.24, 2.45) is 0 Å². The third-order valence-electron chi connectivity index (χ3n) is 3.36. The monoisotopic (exact) mass is 328 g/mol. The molecule has 0 aliphatic carbocycles. The van der Waals surface area contributed by atoms with Crippen LogP contribution in [0.15, 0.2) is 41.9 Å². The van der Waals surface area contributed by atoms with Crippen molar-refractivity contribution in [3.8, 4) is 0 Å². The molecule has 0 aliphatic heterocycles. The van der Waals surface area contributed by atoms with Crippen molar-refractivity contribution in [3.63, 3.8) is 0 Å². The van der Waals surface area contributed by atoms with Gasteiger partial charge >= 0.3 is 5.97 Å². The van der Waals surface area contributed by atoms with E-state index in [9.17, 15) is 4.79 Å². The fourth-order valence-electron chi connectivity index (χ4n) is 2.09. The molecule has 0 bridgehead atoms. The molecule has 5 heteroatoms. The largest absolute Gasteiger partial charge is 0.404 e. The fraction of sp³-hybridized carbons (Fsp3) is 0.278. The van der Waals surface area contributed by atoms with Crippen LogP contribution in [0.2, 0.25) is 0 Å². The van der Waals surface area contributed by atoms with E-state index in [0.717, 1.165) is 23.4 Å². The maximum absolute atomic E-state index is 11.7. The van der Waals surface area contributed by atoms with Gasteiger partial charge in [-0.15, -0.1) is 11.3 Å². The van der Waals surface area contributed by atoms with Crippen molar-refractivity contribution in [2.75, 3.05) is 0 Å². The summed E-state index contributed by atoms with van der Waals surface area (Å²) in [5, 5.41) is 7.86. The molecule has 0 aliphatic rings. The highest BCUT2D eigenvalue weighted by Gasteiger charge is 2.07. The van der Waals surface area contributed by atoms with Gasteiger partial charge in [-0.05, 0) is 31.0 Å². The first-order valence-corrected chi connectivity index (χ1v) is 8.43. The number of ether oxygens (including phenoxy) is 1. The first-order valence-electron chi connectivity index (χ1n) is 7.55. The van der Waals surface area contributed by atoms with Gasteiger partial charge < -0.3 is 4.74 Å². The number of benzene rings is 1. The second kappa shape index (κ2) is 8.39. The summed E-state index contributed by atoms with van der Waals surface area (Å²) >= 11 is 1.56. The van der Waals surface area contributed by atoms with E-state index in [-0.39, 0.29) is 5.90 Å².